The van der Waals surface area contributed by atoms with Gasteiger partial charge >= 0.3 is 5.69 Å². The molecule has 148 valence electrons. The van der Waals surface area contributed by atoms with Gasteiger partial charge in [0.15, 0.2) is 12.4 Å². The van der Waals surface area contributed by atoms with Gasteiger partial charge in [-0.05, 0) is 43.2 Å². The van der Waals surface area contributed by atoms with E-state index in [-0.39, 0.29) is 30.2 Å². The topological polar surface area (TPSA) is 120 Å². The molecule has 2 N–H and O–H groups in total. The van der Waals surface area contributed by atoms with Gasteiger partial charge in [0.25, 0.3) is 11.8 Å². The van der Waals surface area contributed by atoms with Crippen molar-refractivity contribution in [3.8, 4) is 11.5 Å². The van der Waals surface area contributed by atoms with E-state index in [4.69, 9.17) is 9.47 Å². The third-order valence-electron chi connectivity index (χ3n) is 3.73. The summed E-state index contributed by atoms with van der Waals surface area (Å²) in [4.78, 5) is 34.4. The third-order valence-corrected chi connectivity index (χ3v) is 3.73. The smallest absolute Gasteiger partial charge is 0.311 e. The summed E-state index contributed by atoms with van der Waals surface area (Å²) in [6.07, 6.45) is 0.899. The summed E-state index contributed by atoms with van der Waals surface area (Å²) >= 11 is 0. The average molecular weight is 387 g/mol. The van der Waals surface area contributed by atoms with Crippen LogP contribution in [0.15, 0.2) is 42.5 Å². The molecule has 0 heterocycles. The highest BCUT2D eigenvalue weighted by Crippen LogP contribution is 2.27. The first-order valence-electron chi connectivity index (χ1n) is 8.66. The van der Waals surface area contributed by atoms with Crippen LogP contribution in [0.1, 0.15) is 29.8 Å². The van der Waals surface area contributed by atoms with Gasteiger partial charge in [-0.25, -0.2) is 0 Å². The van der Waals surface area contributed by atoms with E-state index in [1.807, 2.05) is 19.1 Å². The van der Waals surface area contributed by atoms with E-state index >= 15 is 0 Å². The lowest BCUT2D eigenvalue weighted by Crippen LogP contribution is -2.43. The molecule has 0 fully saturated rings. The van der Waals surface area contributed by atoms with Gasteiger partial charge in [0, 0.05) is 11.6 Å². The van der Waals surface area contributed by atoms with Gasteiger partial charge in [-0.1, -0.05) is 19.1 Å². The Kier molecular flexibility index (Phi) is 7.32. The molecule has 2 amide bonds. The number of carbonyl (C=O) groups excluding carboxylic acids is 2. The zero-order valence-corrected chi connectivity index (χ0v) is 15.6. The summed E-state index contributed by atoms with van der Waals surface area (Å²) in [6.45, 7) is 3.68. The first kappa shape index (κ1) is 20.7. The predicted octanol–water partition coefficient (Wildman–Crippen LogP) is 2.40. The molecule has 0 bridgehead atoms. The average Bonchev–Trinajstić information content (AvgIpc) is 2.71. The van der Waals surface area contributed by atoms with Crippen LogP contribution in [-0.2, 0) is 11.2 Å². The van der Waals surface area contributed by atoms with Crippen LogP contribution >= 0.6 is 0 Å². The highest BCUT2D eigenvalue weighted by Gasteiger charge is 2.19. The lowest BCUT2D eigenvalue weighted by molar-refractivity contribution is -0.385. The van der Waals surface area contributed by atoms with Crippen molar-refractivity contribution in [3.05, 3.63) is 63.7 Å². The number of nitro benzene ring substituents is 1. The second-order valence-corrected chi connectivity index (χ2v) is 5.66. The number of aryl methyl sites for hydroxylation is 1. The standard InChI is InChI=1S/C19H21N3O6/c1-3-13-5-8-15(9-6-13)28-12-18(23)20-21-19(24)14-7-10-17(27-4-2)16(11-14)22(25)26/h5-11H,3-4,12H2,1-2H3,(H,20,23)(H,21,24). The number of carbonyl (C=O) groups is 2. The van der Waals surface area contributed by atoms with Crippen LogP contribution < -0.4 is 20.3 Å². The largest absolute Gasteiger partial charge is 0.487 e. The molecule has 0 radical (unpaired) electrons. The second-order valence-electron chi connectivity index (χ2n) is 5.66. The number of benzene rings is 2. The fraction of sp³-hybridized carbons (Fsp3) is 0.263. The van der Waals surface area contributed by atoms with Gasteiger partial charge in [-0.2, -0.15) is 0 Å². The van der Waals surface area contributed by atoms with Crippen molar-refractivity contribution >= 4 is 17.5 Å². The molecule has 0 saturated heterocycles. The SMILES string of the molecule is CCOc1ccc(C(=O)NNC(=O)COc2ccc(CC)cc2)cc1[N+](=O)[O-]. The molecule has 28 heavy (non-hydrogen) atoms. The minimum Gasteiger partial charge on any atom is -0.487 e. The minimum atomic E-state index is -0.702. The number of hydrazine groups is 1. The molecule has 0 aromatic heterocycles. The van der Waals surface area contributed by atoms with Crippen molar-refractivity contribution in [2.24, 2.45) is 0 Å². The third kappa shape index (κ3) is 5.70. The molecular formula is C19H21N3O6. The van der Waals surface area contributed by atoms with Crippen LogP contribution in [0.4, 0.5) is 5.69 Å². The molecule has 0 aliphatic carbocycles. The Hall–Kier alpha value is -3.62. The lowest BCUT2D eigenvalue weighted by Gasteiger charge is -2.10. The Morgan fingerprint density at radius 3 is 2.36 bits per heavy atom. The van der Waals surface area contributed by atoms with E-state index in [1.165, 1.54) is 12.1 Å². The Morgan fingerprint density at radius 2 is 1.75 bits per heavy atom. The summed E-state index contributed by atoms with van der Waals surface area (Å²) in [5, 5.41) is 11.1. The van der Waals surface area contributed by atoms with Crippen molar-refractivity contribution in [1.82, 2.24) is 10.9 Å². The van der Waals surface area contributed by atoms with Crippen LogP contribution in [0.3, 0.4) is 0 Å². The lowest BCUT2D eigenvalue weighted by atomic mass is 10.2. The molecule has 0 aliphatic heterocycles. The fourth-order valence-electron chi connectivity index (χ4n) is 2.28. The van der Waals surface area contributed by atoms with Crippen molar-refractivity contribution in [3.63, 3.8) is 0 Å². The predicted molar refractivity (Wildman–Crippen MR) is 101 cm³/mol. The highest BCUT2D eigenvalue weighted by molar-refractivity contribution is 5.96. The van der Waals surface area contributed by atoms with E-state index in [1.54, 1.807) is 19.1 Å². The molecule has 0 saturated carbocycles. The number of hydrogen-bond acceptors (Lipinski definition) is 6. The number of rotatable bonds is 8. The molecule has 0 aliphatic rings. The summed E-state index contributed by atoms with van der Waals surface area (Å²) in [6, 6.07) is 11.1. The van der Waals surface area contributed by atoms with E-state index in [0.29, 0.717) is 5.75 Å². The van der Waals surface area contributed by atoms with Crippen LogP contribution in [0.5, 0.6) is 11.5 Å². The number of nitrogens with one attached hydrogen (secondary N) is 2. The second kappa shape index (κ2) is 9.91. The summed E-state index contributed by atoms with van der Waals surface area (Å²) in [5.74, 6) is -0.684. The van der Waals surface area contributed by atoms with Gasteiger partial charge in [-0.3, -0.25) is 30.6 Å². The summed E-state index contributed by atoms with van der Waals surface area (Å²) in [7, 11) is 0. The van der Waals surface area contributed by atoms with Gasteiger partial charge in [-0.15, -0.1) is 0 Å². The number of nitrogens with zero attached hydrogens (tertiary/aromatic N) is 1. The van der Waals surface area contributed by atoms with Gasteiger partial charge in [0.05, 0.1) is 11.5 Å². The molecule has 2 rings (SSSR count). The Bertz CT molecular complexity index is 851. The zero-order chi connectivity index (χ0) is 20.5. The van der Waals surface area contributed by atoms with Gasteiger partial charge in [0.2, 0.25) is 0 Å². The van der Waals surface area contributed by atoms with Crippen molar-refractivity contribution < 1.29 is 24.0 Å². The van der Waals surface area contributed by atoms with Crippen LogP contribution in [0.25, 0.3) is 0 Å². The molecule has 2 aromatic rings. The van der Waals surface area contributed by atoms with Crippen LogP contribution in [0.2, 0.25) is 0 Å². The first-order valence-corrected chi connectivity index (χ1v) is 8.66. The maximum Gasteiger partial charge on any atom is 0.311 e. The maximum absolute atomic E-state index is 12.1. The van der Waals surface area contributed by atoms with E-state index in [0.717, 1.165) is 18.1 Å². The van der Waals surface area contributed by atoms with Crippen LogP contribution in [0, 0.1) is 10.1 Å². The number of nitro groups is 1. The normalized spacial score (nSPS) is 10.1. The number of ether oxygens (including phenoxy) is 2. The Morgan fingerprint density at radius 1 is 1.04 bits per heavy atom. The summed E-state index contributed by atoms with van der Waals surface area (Å²) in [5.41, 5.74) is 5.21. The molecule has 0 atom stereocenters. The van der Waals surface area contributed by atoms with E-state index < -0.39 is 16.7 Å². The fourth-order valence-corrected chi connectivity index (χ4v) is 2.28. The monoisotopic (exact) mass is 387 g/mol. The quantitative estimate of drug-likeness (QED) is 0.530. The molecule has 9 heteroatoms. The highest BCUT2D eigenvalue weighted by atomic mass is 16.6. The maximum atomic E-state index is 12.1. The van der Waals surface area contributed by atoms with Crippen molar-refractivity contribution in [2.45, 2.75) is 20.3 Å². The number of hydrogen-bond donors (Lipinski definition) is 2. The van der Waals surface area contributed by atoms with Gasteiger partial charge in [0.1, 0.15) is 5.75 Å². The van der Waals surface area contributed by atoms with Crippen molar-refractivity contribution in [1.29, 1.82) is 0 Å². The zero-order valence-electron chi connectivity index (χ0n) is 15.6. The molecular weight excluding hydrogens is 366 g/mol. The molecule has 2 aromatic carbocycles. The number of amides is 2. The molecule has 0 unspecified atom stereocenters. The molecule has 9 nitrogen and oxygen atoms in total. The molecule has 0 spiro atoms. The van der Waals surface area contributed by atoms with Gasteiger partial charge < -0.3 is 9.47 Å². The Labute approximate surface area is 161 Å². The van der Waals surface area contributed by atoms with Crippen molar-refractivity contribution in [2.75, 3.05) is 13.2 Å². The minimum absolute atomic E-state index is 0.00604. The Balaban J connectivity index is 1.89. The summed E-state index contributed by atoms with van der Waals surface area (Å²) < 4.78 is 10.5. The van der Waals surface area contributed by atoms with E-state index in [2.05, 4.69) is 10.9 Å². The van der Waals surface area contributed by atoms with E-state index in [9.17, 15) is 19.7 Å². The first-order chi connectivity index (χ1) is 13.4. The van der Waals surface area contributed by atoms with Crippen LogP contribution in [-0.4, -0.2) is 30.0 Å².